The van der Waals surface area contributed by atoms with E-state index in [1.54, 1.807) is 0 Å². The maximum Gasteiger partial charge on any atom is 0.295 e. The van der Waals surface area contributed by atoms with Gasteiger partial charge in [0.25, 0.3) is 25.9 Å². The molecule has 0 aliphatic carbocycles. The Kier molecular flexibility index (Phi) is 8.92. The van der Waals surface area contributed by atoms with E-state index in [-0.39, 0.29) is 25.9 Å². The Bertz CT molecular complexity index is 566. The van der Waals surface area contributed by atoms with E-state index in [0.717, 1.165) is 0 Å². The summed E-state index contributed by atoms with van der Waals surface area (Å²) in [5.41, 5.74) is 8.23. The lowest BCUT2D eigenvalue weighted by molar-refractivity contribution is -0.263. The average Bonchev–Trinajstić information content (AvgIpc) is 2.63. The Morgan fingerprint density at radius 3 is 2.31 bits per heavy atom. The van der Waals surface area contributed by atoms with Gasteiger partial charge in [0.2, 0.25) is 12.2 Å². The van der Waals surface area contributed by atoms with Crippen molar-refractivity contribution in [1.29, 1.82) is 0 Å². The average molecular weight is 374 g/mol. The number of nitrogens with one attached hydrogen (secondary N) is 1. The van der Waals surface area contributed by atoms with Crippen LogP contribution in [0.25, 0.3) is 10.4 Å². The minimum atomic E-state index is -1.49. The predicted octanol–water partition coefficient (Wildman–Crippen LogP) is -2.06. The lowest BCUT2D eigenvalue weighted by atomic mass is 9.96. The lowest BCUT2D eigenvalue weighted by Crippen LogP contribution is -2.66. The van der Waals surface area contributed by atoms with E-state index in [1.165, 1.54) is 0 Å². The number of rotatable bonds is 12. The molecule has 14 nitrogen and oxygen atoms in total. The molecule has 0 aromatic rings. The molecule has 1 aliphatic heterocycles. The zero-order chi connectivity index (χ0) is 19.4. The number of amides is 1. The molecule has 0 spiro atoms. The molecule has 3 unspecified atom stereocenters. The molecule has 1 rings (SSSR count). The van der Waals surface area contributed by atoms with Gasteiger partial charge in [0.15, 0.2) is 12.2 Å². The third kappa shape index (κ3) is 5.61. The van der Waals surface area contributed by atoms with E-state index in [9.17, 15) is 24.0 Å². The van der Waals surface area contributed by atoms with Crippen molar-refractivity contribution in [3.05, 3.63) is 10.4 Å². The van der Waals surface area contributed by atoms with E-state index < -0.39 is 49.7 Å². The van der Waals surface area contributed by atoms with E-state index in [1.807, 2.05) is 0 Å². The van der Waals surface area contributed by atoms with Gasteiger partial charge < -0.3 is 29.0 Å². The van der Waals surface area contributed by atoms with Gasteiger partial charge in [0.1, 0.15) is 25.3 Å². The van der Waals surface area contributed by atoms with Crippen LogP contribution in [0, 0.1) is 0 Å². The van der Waals surface area contributed by atoms with Gasteiger partial charge in [-0.3, -0.25) is 24.0 Å². The molecule has 1 saturated heterocycles. The molecule has 1 amide bonds. The number of hydrogen-bond acceptors (Lipinski definition) is 11. The predicted molar refractivity (Wildman–Crippen MR) is 75.6 cm³/mol. The summed E-state index contributed by atoms with van der Waals surface area (Å²) in [5.74, 6) is -0.817. The smallest absolute Gasteiger partial charge is 0.295 e. The minimum Gasteiger partial charge on any atom is -0.465 e. The first kappa shape index (κ1) is 20.7. The normalized spacial score (nSPS) is 27.0. The molecule has 0 saturated carbocycles. The van der Waals surface area contributed by atoms with Crippen LogP contribution >= 0.6 is 0 Å². The zero-order valence-electron chi connectivity index (χ0n) is 13.0. The highest BCUT2D eigenvalue weighted by Crippen LogP contribution is 2.26. The highest BCUT2D eigenvalue weighted by Gasteiger charge is 2.51. The van der Waals surface area contributed by atoms with Gasteiger partial charge >= 0.3 is 0 Å². The van der Waals surface area contributed by atoms with E-state index in [4.69, 9.17) is 24.5 Å². The summed E-state index contributed by atoms with van der Waals surface area (Å²) in [7, 11) is 0. The third-order valence-corrected chi connectivity index (χ3v) is 3.20. The topological polar surface area (TPSA) is 192 Å². The Morgan fingerprint density at radius 1 is 1.08 bits per heavy atom. The van der Waals surface area contributed by atoms with Crippen LogP contribution in [0.4, 0.5) is 0 Å². The molecule has 14 heteroatoms. The molecule has 0 aromatic heterocycles. The minimum absolute atomic E-state index is 0.00771. The number of hydrogen-bond donors (Lipinski definition) is 1. The number of ether oxygens (including phenoxy) is 5. The van der Waals surface area contributed by atoms with Crippen molar-refractivity contribution in [3.8, 4) is 0 Å². The molecule has 26 heavy (non-hydrogen) atoms. The van der Waals surface area contributed by atoms with E-state index >= 15 is 0 Å². The Hall–Kier alpha value is -3.38. The van der Waals surface area contributed by atoms with Crippen LogP contribution < -0.4 is 5.32 Å². The highest BCUT2D eigenvalue weighted by atomic mass is 16.7. The molecule has 0 aromatic carbocycles. The second kappa shape index (κ2) is 11.2. The second-order valence-electron chi connectivity index (χ2n) is 4.58. The molecule has 1 heterocycles. The number of carbonyl (C=O) groups excluding carboxylic acids is 5. The van der Waals surface area contributed by atoms with Gasteiger partial charge in [-0.1, -0.05) is 5.11 Å². The largest absolute Gasteiger partial charge is 0.465 e. The number of azide groups is 1. The quantitative estimate of drug-likeness (QED) is 0.130. The zero-order valence-corrected chi connectivity index (χ0v) is 13.0. The third-order valence-electron chi connectivity index (χ3n) is 3.20. The van der Waals surface area contributed by atoms with Crippen LogP contribution in [0.3, 0.4) is 0 Å². The van der Waals surface area contributed by atoms with Gasteiger partial charge in [0.05, 0.1) is 0 Å². The summed E-state index contributed by atoms with van der Waals surface area (Å²) in [6.07, 6.45) is -5.34. The standard InChI is InChI=1S/C12H14N4O10/c13-16-14-1-8(21)15-9-11(24-5-19)10(23-4-18)7(2-22-3-17)26-12(9)25-6-20/h3-7,9-12H,1-2H2,(H,15,21)/t7?,9?,10-,11+,12?/m0/s1. The summed E-state index contributed by atoms with van der Waals surface area (Å²) >= 11 is 0. The second-order valence-corrected chi connectivity index (χ2v) is 4.58. The van der Waals surface area contributed by atoms with Crippen LogP contribution in [0.15, 0.2) is 5.11 Å². The molecule has 142 valence electrons. The van der Waals surface area contributed by atoms with Crippen LogP contribution in [0.1, 0.15) is 0 Å². The molecule has 0 radical (unpaired) electrons. The van der Waals surface area contributed by atoms with Crippen molar-refractivity contribution in [2.75, 3.05) is 13.2 Å². The number of nitrogens with zero attached hydrogens (tertiary/aromatic N) is 3. The van der Waals surface area contributed by atoms with Gasteiger partial charge in [-0.2, -0.15) is 0 Å². The van der Waals surface area contributed by atoms with Crippen molar-refractivity contribution in [1.82, 2.24) is 5.32 Å². The summed E-state index contributed by atoms with van der Waals surface area (Å²) in [5, 5.41) is 5.34. The molecule has 1 fully saturated rings. The van der Waals surface area contributed by atoms with Crippen LogP contribution in [0.2, 0.25) is 0 Å². The first-order valence-corrected chi connectivity index (χ1v) is 6.91. The van der Waals surface area contributed by atoms with Crippen molar-refractivity contribution in [2.24, 2.45) is 5.11 Å². The summed E-state index contributed by atoms with van der Waals surface area (Å²) < 4.78 is 24.3. The lowest BCUT2D eigenvalue weighted by Gasteiger charge is -2.43. The maximum absolute atomic E-state index is 11.8. The summed E-state index contributed by atoms with van der Waals surface area (Å²) in [4.78, 5) is 56.9. The molecule has 1 aliphatic rings. The van der Waals surface area contributed by atoms with Crippen molar-refractivity contribution in [3.63, 3.8) is 0 Å². The van der Waals surface area contributed by atoms with Gasteiger partial charge in [-0.15, -0.1) is 0 Å². The molecule has 0 bridgehead atoms. The van der Waals surface area contributed by atoms with Crippen molar-refractivity contribution in [2.45, 2.75) is 30.6 Å². The molecular formula is C12H14N4O10. The summed E-state index contributed by atoms with van der Waals surface area (Å²) in [6.45, 7) is -0.888. The van der Waals surface area contributed by atoms with Gasteiger partial charge in [-0.25, -0.2) is 0 Å². The van der Waals surface area contributed by atoms with Crippen molar-refractivity contribution < 1.29 is 47.7 Å². The monoisotopic (exact) mass is 374 g/mol. The fraction of sp³-hybridized carbons (Fsp3) is 0.583. The fourth-order valence-electron chi connectivity index (χ4n) is 2.28. The Morgan fingerprint density at radius 2 is 1.73 bits per heavy atom. The first-order valence-electron chi connectivity index (χ1n) is 6.91. The van der Waals surface area contributed by atoms with Crippen molar-refractivity contribution >= 4 is 31.8 Å². The van der Waals surface area contributed by atoms with E-state index in [0.29, 0.717) is 0 Å². The van der Waals surface area contributed by atoms with Crippen LogP contribution in [0.5, 0.6) is 0 Å². The van der Waals surface area contributed by atoms with Crippen LogP contribution in [-0.2, 0) is 47.7 Å². The van der Waals surface area contributed by atoms with Crippen LogP contribution in [-0.4, -0.2) is 75.6 Å². The summed E-state index contributed by atoms with van der Waals surface area (Å²) in [6, 6.07) is -1.32. The SMILES string of the molecule is [N-]=[N+]=NCC(=O)NC1C(OC=O)OC(COC=O)[C@H](OC=O)[C@@H]1OC=O. The van der Waals surface area contributed by atoms with E-state index in [2.05, 4.69) is 20.1 Å². The Labute approximate surface area is 145 Å². The molecular weight excluding hydrogens is 360 g/mol. The molecule has 1 N–H and O–H groups in total. The van der Waals surface area contributed by atoms with Gasteiger partial charge in [-0.05, 0) is 5.53 Å². The fourth-order valence-corrected chi connectivity index (χ4v) is 2.28. The van der Waals surface area contributed by atoms with Gasteiger partial charge in [0, 0.05) is 4.91 Å². The Balaban J connectivity index is 3.12. The highest BCUT2D eigenvalue weighted by molar-refractivity contribution is 5.78. The number of carbonyl (C=O) groups is 5. The maximum atomic E-state index is 11.8. The first-order chi connectivity index (χ1) is 12.6. The molecule has 5 atom stereocenters.